The third-order valence-electron chi connectivity index (χ3n) is 3.93. The predicted molar refractivity (Wildman–Crippen MR) is 86.4 cm³/mol. The van der Waals surface area contributed by atoms with Crippen LogP contribution in [0, 0.1) is 6.92 Å². The van der Waals surface area contributed by atoms with Crippen molar-refractivity contribution in [3.8, 4) is 0 Å². The summed E-state index contributed by atoms with van der Waals surface area (Å²) in [6.45, 7) is 2.74. The first-order valence-corrected chi connectivity index (χ1v) is 7.37. The Morgan fingerprint density at radius 1 is 1.29 bits per heavy atom. The molecule has 1 aliphatic carbocycles. The van der Waals surface area contributed by atoms with Crippen molar-refractivity contribution in [2.75, 3.05) is 7.05 Å². The van der Waals surface area contributed by atoms with Crippen molar-refractivity contribution >= 4 is 16.9 Å². The first-order chi connectivity index (χ1) is 10.3. The standard InChI is InChI=1S/C17H21N3O/c1-12-14-9-5-6-10-15(14)21-16(12)11-19-17(18-2)20-13-7-3-4-8-13/h3-6,9-10,13H,7-8,11H2,1-2H3,(H2,18,19,20). The maximum absolute atomic E-state index is 5.91. The summed E-state index contributed by atoms with van der Waals surface area (Å²) in [6.07, 6.45) is 6.53. The summed E-state index contributed by atoms with van der Waals surface area (Å²) >= 11 is 0. The second kappa shape index (κ2) is 6.04. The average Bonchev–Trinajstić information content (AvgIpc) is 3.12. The van der Waals surface area contributed by atoms with Gasteiger partial charge >= 0.3 is 0 Å². The van der Waals surface area contributed by atoms with Gasteiger partial charge in [0, 0.05) is 24.0 Å². The van der Waals surface area contributed by atoms with Crippen molar-refractivity contribution in [2.24, 2.45) is 4.99 Å². The molecule has 21 heavy (non-hydrogen) atoms. The monoisotopic (exact) mass is 283 g/mol. The zero-order valence-corrected chi connectivity index (χ0v) is 12.5. The molecule has 4 nitrogen and oxygen atoms in total. The van der Waals surface area contributed by atoms with Crippen LogP contribution in [0.5, 0.6) is 0 Å². The highest BCUT2D eigenvalue weighted by molar-refractivity contribution is 5.83. The molecule has 2 N–H and O–H groups in total. The van der Waals surface area contributed by atoms with Crippen molar-refractivity contribution in [3.05, 3.63) is 47.7 Å². The van der Waals surface area contributed by atoms with Crippen molar-refractivity contribution in [3.63, 3.8) is 0 Å². The van der Waals surface area contributed by atoms with E-state index in [1.165, 1.54) is 10.9 Å². The molecule has 0 saturated heterocycles. The molecular formula is C17H21N3O. The van der Waals surface area contributed by atoms with E-state index >= 15 is 0 Å². The summed E-state index contributed by atoms with van der Waals surface area (Å²) < 4.78 is 5.91. The van der Waals surface area contributed by atoms with E-state index in [4.69, 9.17) is 4.42 Å². The van der Waals surface area contributed by atoms with Gasteiger partial charge in [0.15, 0.2) is 5.96 Å². The Balaban J connectivity index is 1.66. The molecule has 3 rings (SSSR count). The summed E-state index contributed by atoms with van der Waals surface area (Å²) in [7, 11) is 1.79. The maximum Gasteiger partial charge on any atom is 0.191 e. The highest BCUT2D eigenvalue weighted by Crippen LogP contribution is 2.24. The first-order valence-electron chi connectivity index (χ1n) is 7.37. The normalized spacial score (nSPS) is 15.8. The van der Waals surface area contributed by atoms with Gasteiger partial charge in [0.25, 0.3) is 0 Å². The molecule has 4 heteroatoms. The lowest BCUT2D eigenvalue weighted by Crippen LogP contribution is -2.42. The fraction of sp³-hybridized carbons (Fsp3) is 0.353. The van der Waals surface area contributed by atoms with E-state index in [-0.39, 0.29) is 0 Å². The Morgan fingerprint density at radius 3 is 2.76 bits per heavy atom. The quantitative estimate of drug-likeness (QED) is 0.517. The second-order valence-electron chi connectivity index (χ2n) is 5.36. The number of aliphatic imine (C=N–C) groups is 1. The number of benzene rings is 1. The highest BCUT2D eigenvalue weighted by Gasteiger charge is 2.13. The number of rotatable bonds is 3. The minimum atomic E-state index is 0.452. The zero-order valence-electron chi connectivity index (χ0n) is 12.5. The van der Waals surface area contributed by atoms with Gasteiger partial charge in [0.1, 0.15) is 11.3 Å². The van der Waals surface area contributed by atoms with Crippen LogP contribution in [0.1, 0.15) is 24.2 Å². The molecule has 0 aliphatic heterocycles. The Bertz CT molecular complexity index is 676. The molecule has 0 fully saturated rings. The minimum Gasteiger partial charge on any atom is -0.459 e. The van der Waals surface area contributed by atoms with Gasteiger partial charge in [-0.25, -0.2) is 0 Å². The molecule has 0 spiro atoms. The lowest BCUT2D eigenvalue weighted by atomic mass is 10.1. The molecule has 1 aromatic carbocycles. The number of fused-ring (bicyclic) bond motifs is 1. The number of nitrogens with one attached hydrogen (secondary N) is 2. The maximum atomic E-state index is 5.91. The second-order valence-corrected chi connectivity index (χ2v) is 5.36. The van der Waals surface area contributed by atoms with E-state index in [0.29, 0.717) is 12.6 Å². The predicted octanol–water partition coefficient (Wildman–Crippen LogP) is 3.12. The van der Waals surface area contributed by atoms with Crippen molar-refractivity contribution in [1.82, 2.24) is 10.6 Å². The minimum absolute atomic E-state index is 0.452. The van der Waals surface area contributed by atoms with Gasteiger partial charge in [-0.1, -0.05) is 30.4 Å². The number of hydrogen-bond acceptors (Lipinski definition) is 2. The summed E-state index contributed by atoms with van der Waals surface area (Å²) in [6, 6.07) is 8.58. The molecule has 1 aromatic heterocycles. The number of para-hydroxylation sites is 1. The average molecular weight is 283 g/mol. The third kappa shape index (κ3) is 2.94. The number of aryl methyl sites for hydroxylation is 1. The van der Waals surface area contributed by atoms with Crippen LogP contribution in [0.15, 0.2) is 45.8 Å². The SMILES string of the molecule is CN=C(NCc1oc2ccccc2c1C)NC1CC=CC1. The van der Waals surface area contributed by atoms with E-state index in [2.05, 4.69) is 40.8 Å². The van der Waals surface area contributed by atoms with E-state index in [1.807, 2.05) is 18.2 Å². The Kier molecular flexibility index (Phi) is 3.95. The number of guanidine groups is 1. The van der Waals surface area contributed by atoms with Gasteiger partial charge < -0.3 is 15.1 Å². The lowest BCUT2D eigenvalue weighted by molar-refractivity contribution is 0.531. The van der Waals surface area contributed by atoms with Crippen molar-refractivity contribution < 1.29 is 4.42 Å². The van der Waals surface area contributed by atoms with Gasteiger partial charge in [-0.15, -0.1) is 0 Å². The molecule has 2 aromatic rings. The Morgan fingerprint density at radius 2 is 2.05 bits per heavy atom. The Hall–Kier alpha value is -2.23. The zero-order chi connectivity index (χ0) is 14.7. The summed E-state index contributed by atoms with van der Waals surface area (Å²) in [5, 5.41) is 7.93. The topological polar surface area (TPSA) is 49.6 Å². The van der Waals surface area contributed by atoms with Crippen LogP contribution in [0.3, 0.4) is 0 Å². The lowest BCUT2D eigenvalue weighted by Gasteiger charge is -2.16. The van der Waals surface area contributed by atoms with Gasteiger partial charge in [0.05, 0.1) is 6.54 Å². The van der Waals surface area contributed by atoms with Crippen LogP contribution in [0.25, 0.3) is 11.0 Å². The molecule has 0 atom stereocenters. The van der Waals surface area contributed by atoms with E-state index in [9.17, 15) is 0 Å². The fourth-order valence-electron chi connectivity index (χ4n) is 2.68. The highest BCUT2D eigenvalue weighted by atomic mass is 16.3. The fourth-order valence-corrected chi connectivity index (χ4v) is 2.68. The van der Waals surface area contributed by atoms with Crippen LogP contribution in [-0.2, 0) is 6.54 Å². The molecule has 0 saturated carbocycles. The molecule has 0 bridgehead atoms. The van der Waals surface area contributed by atoms with E-state index in [0.717, 1.165) is 30.1 Å². The summed E-state index contributed by atoms with van der Waals surface area (Å²) in [4.78, 5) is 4.28. The largest absolute Gasteiger partial charge is 0.459 e. The van der Waals surface area contributed by atoms with Crippen molar-refractivity contribution in [2.45, 2.75) is 32.4 Å². The van der Waals surface area contributed by atoms with Crippen LogP contribution in [0.2, 0.25) is 0 Å². The first kappa shape index (κ1) is 13.7. The smallest absolute Gasteiger partial charge is 0.191 e. The third-order valence-corrected chi connectivity index (χ3v) is 3.93. The molecule has 0 amide bonds. The van der Waals surface area contributed by atoms with Crippen LogP contribution >= 0.6 is 0 Å². The van der Waals surface area contributed by atoms with Gasteiger partial charge in [0.2, 0.25) is 0 Å². The van der Waals surface area contributed by atoms with E-state index < -0.39 is 0 Å². The summed E-state index contributed by atoms with van der Waals surface area (Å²) in [5.74, 6) is 1.78. The summed E-state index contributed by atoms with van der Waals surface area (Å²) in [5.41, 5.74) is 2.13. The molecular weight excluding hydrogens is 262 g/mol. The van der Waals surface area contributed by atoms with Crippen molar-refractivity contribution in [1.29, 1.82) is 0 Å². The molecule has 1 aliphatic rings. The van der Waals surface area contributed by atoms with Gasteiger partial charge in [-0.3, -0.25) is 4.99 Å². The van der Waals surface area contributed by atoms with Crippen LogP contribution < -0.4 is 10.6 Å². The molecule has 110 valence electrons. The van der Waals surface area contributed by atoms with Crippen LogP contribution in [0.4, 0.5) is 0 Å². The molecule has 0 radical (unpaired) electrons. The number of furan rings is 1. The number of nitrogens with zero attached hydrogens (tertiary/aromatic N) is 1. The molecule has 1 heterocycles. The molecule has 0 unspecified atom stereocenters. The van der Waals surface area contributed by atoms with Gasteiger partial charge in [-0.2, -0.15) is 0 Å². The Labute approximate surface area is 124 Å². The van der Waals surface area contributed by atoms with Crippen LogP contribution in [-0.4, -0.2) is 19.0 Å². The van der Waals surface area contributed by atoms with Gasteiger partial charge in [-0.05, 0) is 25.8 Å². The number of hydrogen-bond donors (Lipinski definition) is 2. The van der Waals surface area contributed by atoms with E-state index in [1.54, 1.807) is 7.05 Å².